The minimum atomic E-state index is -4.80. The molecular formula is C21H17F3N2O4. The number of fused-ring (bicyclic) bond motifs is 1. The van der Waals surface area contributed by atoms with Gasteiger partial charge in [0.05, 0.1) is 16.8 Å². The molecular weight excluding hydrogens is 401 g/mol. The largest absolute Gasteiger partial charge is 0.573 e. The van der Waals surface area contributed by atoms with Crippen molar-refractivity contribution in [3.8, 4) is 5.75 Å². The predicted molar refractivity (Wildman–Crippen MR) is 103 cm³/mol. The van der Waals surface area contributed by atoms with Gasteiger partial charge in [-0.25, -0.2) is 4.79 Å². The maximum Gasteiger partial charge on any atom is 0.573 e. The first kappa shape index (κ1) is 21.1. The maximum atomic E-state index is 12.4. The molecule has 0 saturated heterocycles. The minimum absolute atomic E-state index is 0.226. The van der Waals surface area contributed by atoms with E-state index in [0.717, 1.165) is 28.6 Å². The maximum absolute atomic E-state index is 12.4. The highest BCUT2D eigenvalue weighted by Gasteiger charge is 2.31. The van der Waals surface area contributed by atoms with E-state index in [1.54, 1.807) is 13.0 Å². The quantitative estimate of drug-likeness (QED) is 0.616. The average Bonchev–Trinajstić information content (AvgIpc) is 2.66. The second kappa shape index (κ2) is 8.40. The molecule has 1 N–H and O–H groups in total. The summed E-state index contributed by atoms with van der Waals surface area (Å²) >= 11 is 0. The molecule has 0 unspecified atom stereocenters. The average molecular weight is 418 g/mol. The number of hydrogen-bond acceptors (Lipinski definition) is 5. The number of carbonyl (C=O) groups is 2. The molecule has 0 aliphatic rings. The van der Waals surface area contributed by atoms with Gasteiger partial charge in [0.2, 0.25) is 0 Å². The first-order valence-electron chi connectivity index (χ1n) is 8.81. The van der Waals surface area contributed by atoms with Crippen LogP contribution in [-0.4, -0.2) is 29.8 Å². The molecule has 156 valence electrons. The van der Waals surface area contributed by atoms with Crippen molar-refractivity contribution in [2.45, 2.75) is 20.2 Å². The normalized spacial score (nSPS) is 11.2. The Balaban J connectivity index is 1.60. The number of aryl methyl sites for hydroxylation is 2. The minimum Gasteiger partial charge on any atom is -0.452 e. The molecule has 1 heterocycles. The summed E-state index contributed by atoms with van der Waals surface area (Å²) in [6.07, 6.45) is -4.80. The number of nitrogens with zero attached hydrogens (tertiary/aromatic N) is 1. The molecule has 30 heavy (non-hydrogen) atoms. The van der Waals surface area contributed by atoms with E-state index >= 15 is 0 Å². The zero-order valence-corrected chi connectivity index (χ0v) is 16.0. The standard InChI is InChI=1S/C21H17F3N2O4/c1-12-3-8-18-14(9-12)10-17(13(2)25-18)20(28)29-11-19(27)26-15-4-6-16(7-5-15)30-21(22,23)24/h3-10H,11H2,1-2H3,(H,26,27). The van der Waals surface area contributed by atoms with Crippen molar-refractivity contribution in [2.75, 3.05) is 11.9 Å². The monoisotopic (exact) mass is 418 g/mol. The molecule has 0 spiro atoms. The van der Waals surface area contributed by atoms with Crippen LogP contribution in [0.4, 0.5) is 18.9 Å². The van der Waals surface area contributed by atoms with Crippen molar-refractivity contribution in [2.24, 2.45) is 0 Å². The number of carbonyl (C=O) groups excluding carboxylic acids is 2. The molecule has 0 radical (unpaired) electrons. The van der Waals surface area contributed by atoms with Gasteiger partial charge in [0.25, 0.3) is 5.91 Å². The van der Waals surface area contributed by atoms with E-state index in [2.05, 4.69) is 15.0 Å². The summed E-state index contributed by atoms with van der Waals surface area (Å²) in [5.74, 6) is -1.76. The fourth-order valence-corrected chi connectivity index (χ4v) is 2.74. The number of aromatic nitrogens is 1. The highest BCUT2D eigenvalue weighted by atomic mass is 19.4. The van der Waals surface area contributed by atoms with Gasteiger partial charge in [-0.2, -0.15) is 0 Å². The Hall–Kier alpha value is -3.62. The number of benzene rings is 2. The molecule has 0 bridgehead atoms. The Morgan fingerprint density at radius 2 is 1.73 bits per heavy atom. The summed E-state index contributed by atoms with van der Waals surface area (Å²) in [6.45, 7) is 3.02. The summed E-state index contributed by atoms with van der Waals surface area (Å²) in [4.78, 5) is 28.7. The molecule has 2 aromatic carbocycles. The summed E-state index contributed by atoms with van der Waals surface area (Å²) < 4.78 is 45.3. The summed E-state index contributed by atoms with van der Waals surface area (Å²) in [5, 5.41) is 3.20. The van der Waals surface area contributed by atoms with Gasteiger partial charge in [0.15, 0.2) is 6.61 Å². The third kappa shape index (κ3) is 5.47. The molecule has 3 rings (SSSR count). The van der Waals surface area contributed by atoms with Crippen LogP contribution in [0.5, 0.6) is 5.75 Å². The zero-order chi connectivity index (χ0) is 21.9. The van der Waals surface area contributed by atoms with Crippen molar-refractivity contribution in [1.82, 2.24) is 4.98 Å². The lowest BCUT2D eigenvalue weighted by Gasteiger charge is -2.11. The van der Waals surface area contributed by atoms with Crippen LogP contribution in [0.3, 0.4) is 0 Å². The second-order valence-corrected chi connectivity index (χ2v) is 6.51. The van der Waals surface area contributed by atoms with Gasteiger partial charge in [0, 0.05) is 11.1 Å². The molecule has 9 heteroatoms. The number of rotatable bonds is 5. The van der Waals surface area contributed by atoms with E-state index in [1.165, 1.54) is 12.1 Å². The third-order valence-corrected chi connectivity index (χ3v) is 4.09. The molecule has 1 amide bonds. The van der Waals surface area contributed by atoms with E-state index in [4.69, 9.17) is 4.74 Å². The van der Waals surface area contributed by atoms with E-state index in [1.807, 2.05) is 25.1 Å². The van der Waals surface area contributed by atoms with Gasteiger partial charge in [-0.1, -0.05) is 11.6 Å². The number of halogens is 3. The van der Waals surface area contributed by atoms with Crippen molar-refractivity contribution >= 4 is 28.5 Å². The first-order chi connectivity index (χ1) is 14.1. The van der Waals surface area contributed by atoms with Gasteiger partial charge in [0.1, 0.15) is 5.75 Å². The van der Waals surface area contributed by atoms with Crippen molar-refractivity contribution in [3.05, 3.63) is 65.4 Å². The van der Waals surface area contributed by atoms with E-state index in [9.17, 15) is 22.8 Å². The molecule has 6 nitrogen and oxygen atoms in total. The second-order valence-electron chi connectivity index (χ2n) is 6.51. The van der Waals surface area contributed by atoms with Gasteiger partial charge in [-0.15, -0.1) is 13.2 Å². The highest BCUT2D eigenvalue weighted by molar-refractivity contribution is 5.98. The van der Waals surface area contributed by atoms with Crippen molar-refractivity contribution < 1.29 is 32.2 Å². The Morgan fingerprint density at radius 3 is 2.40 bits per heavy atom. The Kier molecular flexibility index (Phi) is 5.91. The molecule has 3 aromatic rings. The van der Waals surface area contributed by atoms with Gasteiger partial charge in [-0.3, -0.25) is 9.78 Å². The first-order valence-corrected chi connectivity index (χ1v) is 8.81. The van der Waals surface area contributed by atoms with Crippen LogP contribution in [0.1, 0.15) is 21.6 Å². The lowest BCUT2D eigenvalue weighted by molar-refractivity contribution is -0.274. The van der Waals surface area contributed by atoms with Crippen molar-refractivity contribution in [1.29, 1.82) is 0 Å². The number of ether oxygens (including phenoxy) is 2. The van der Waals surface area contributed by atoms with Crippen molar-refractivity contribution in [3.63, 3.8) is 0 Å². The van der Waals surface area contributed by atoms with Crippen LogP contribution in [0, 0.1) is 13.8 Å². The predicted octanol–water partition coefficient (Wildman–Crippen LogP) is 4.55. The Morgan fingerprint density at radius 1 is 1.03 bits per heavy atom. The Labute approximate surface area is 169 Å². The molecule has 0 fully saturated rings. The van der Waals surface area contributed by atoms with Gasteiger partial charge in [-0.05, 0) is 56.3 Å². The zero-order valence-electron chi connectivity index (χ0n) is 16.0. The van der Waals surface area contributed by atoms with Gasteiger partial charge >= 0.3 is 12.3 Å². The highest BCUT2D eigenvalue weighted by Crippen LogP contribution is 2.24. The van der Waals surface area contributed by atoms with E-state index in [0.29, 0.717) is 5.69 Å². The Bertz CT molecular complexity index is 1100. The molecule has 0 atom stereocenters. The van der Waals surface area contributed by atoms with Crippen LogP contribution >= 0.6 is 0 Å². The molecule has 0 aliphatic heterocycles. The molecule has 0 aliphatic carbocycles. The number of anilines is 1. The van der Waals surface area contributed by atoms with E-state index in [-0.39, 0.29) is 11.3 Å². The number of esters is 1. The summed E-state index contributed by atoms with van der Waals surface area (Å²) in [5.41, 5.74) is 2.69. The number of nitrogens with one attached hydrogen (secondary N) is 1. The number of amides is 1. The third-order valence-electron chi connectivity index (χ3n) is 4.09. The SMILES string of the molecule is Cc1ccc2nc(C)c(C(=O)OCC(=O)Nc3ccc(OC(F)(F)F)cc3)cc2c1. The van der Waals surface area contributed by atoms with Crippen LogP contribution < -0.4 is 10.1 Å². The van der Waals surface area contributed by atoms with Crippen LogP contribution in [0.2, 0.25) is 0 Å². The number of hydrogen-bond donors (Lipinski definition) is 1. The van der Waals surface area contributed by atoms with Gasteiger partial charge < -0.3 is 14.8 Å². The number of pyridine rings is 1. The topological polar surface area (TPSA) is 77.5 Å². The fourth-order valence-electron chi connectivity index (χ4n) is 2.74. The van der Waals surface area contributed by atoms with Crippen LogP contribution in [0.25, 0.3) is 10.9 Å². The lowest BCUT2D eigenvalue weighted by atomic mass is 10.1. The number of alkyl halides is 3. The lowest BCUT2D eigenvalue weighted by Crippen LogP contribution is -2.21. The summed E-state index contributed by atoms with van der Waals surface area (Å²) in [7, 11) is 0. The molecule has 1 aromatic heterocycles. The van der Waals surface area contributed by atoms with Crippen LogP contribution in [0.15, 0.2) is 48.5 Å². The summed E-state index contributed by atoms with van der Waals surface area (Å²) in [6, 6.07) is 11.9. The van der Waals surface area contributed by atoms with E-state index < -0.39 is 30.6 Å². The van der Waals surface area contributed by atoms with Crippen LogP contribution in [-0.2, 0) is 9.53 Å². The molecule has 0 saturated carbocycles. The fraction of sp³-hybridized carbons (Fsp3) is 0.190. The smallest absolute Gasteiger partial charge is 0.452 e.